The number of anilines is 1. The van der Waals surface area contributed by atoms with E-state index >= 15 is 0 Å². The fourth-order valence-electron chi connectivity index (χ4n) is 2.29. The molecule has 2 heterocycles. The number of aromatic nitrogens is 2. The van der Waals surface area contributed by atoms with Gasteiger partial charge in [-0.15, -0.1) is 10.2 Å². The summed E-state index contributed by atoms with van der Waals surface area (Å²) in [5.41, 5.74) is 1.85. The second-order valence-corrected chi connectivity index (χ2v) is 5.47. The SMILES string of the molecule is Cc1nnc(CN2C(=O)C(=O)c3cc(Br)cc(C)c32)o1. The standard InChI is InChI=1S/C13H10BrN3O3/c1-6-3-8(14)4-9-11(6)17(13(19)12(9)18)5-10-16-15-7(2)20-10/h3-4H,5H2,1-2H3. The van der Waals surface area contributed by atoms with Crippen LogP contribution in [0.3, 0.4) is 0 Å². The van der Waals surface area contributed by atoms with Crippen molar-refractivity contribution in [1.29, 1.82) is 0 Å². The lowest BCUT2D eigenvalue weighted by Crippen LogP contribution is -2.29. The predicted octanol–water partition coefficient (Wildman–Crippen LogP) is 2.18. The second kappa shape index (κ2) is 4.52. The second-order valence-electron chi connectivity index (χ2n) is 4.55. The summed E-state index contributed by atoms with van der Waals surface area (Å²) in [6.45, 7) is 3.62. The summed E-state index contributed by atoms with van der Waals surface area (Å²) in [4.78, 5) is 25.5. The maximum Gasteiger partial charge on any atom is 0.299 e. The fourth-order valence-corrected chi connectivity index (χ4v) is 2.87. The van der Waals surface area contributed by atoms with Crippen molar-refractivity contribution in [3.8, 4) is 0 Å². The first kappa shape index (κ1) is 13.0. The Balaban J connectivity index is 2.06. The number of halogens is 1. The van der Waals surface area contributed by atoms with Crippen LogP contribution in [-0.2, 0) is 11.3 Å². The van der Waals surface area contributed by atoms with Gasteiger partial charge in [-0.1, -0.05) is 15.9 Å². The Labute approximate surface area is 122 Å². The molecular formula is C13H10BrN3O3. The molecule has 1 aromatic carbocycles. The highest BCUT2D eigenvalue weighted by atomic mass is 79.9. The summed E-state index contributed by atoms with van der Waals surface area (Å²) < 4.78 is 6.04. The lowest BCUT2D eigenvalue weighted by Gasteiger charge is -2.16. The van der Waals surface area contributed by atoms with Gasteiger partial charge in [0.05, 0.1) is 11.3 Å². The van der Waals surface area contributed by atoms with E-state index in [1.807, 2.05) is 13.0 Å². The minimum atomic E-state index is -0.572. The van der Waals surface area contributed by atoms with E-state index in [1.165, 1.54) is 4.90 Å². The molecule has 1 amide bonds. The zero-order valence-electron chi connectivity index (χ0n) is 10.8. The molecule has 1 aromatic heterocycles. The Morgan fingerprint density at radius 1 is 1.25 bits per heavy atom. The highest BCUT2D eigenvalue weighted by Gasteiger charge is 2.38. The topological polar surface area (TPSA) is 76.3 Å². The third-order valence-corrected chi connectivity index (χ3v) is 3.54. The van der Waals surface area contributed by atoms with E-state index in [0.717, 1.165) is 10.0 Å². The van der Waals surface area contributed by atoms with Gasteiger partial charge in [-0.2, -0.15) is 0 Å². The number of amides is 1. The van der Waals surface area contributed by atoms with Gasteiger partial charge in [0, 0.05) is 11.4 Å². The van der Waals surface area contributed by atoms with Gasteiger partial charge in [0.25, 0.3) is 11.7 Å². The van der Waals surface area contributed by atoms with Crippen molar-refractivity contribution < 1.29 is 14.0 Å². The number of aryl methyl sites for hydroxylation is 2. The van der Waals surface area contributed by atoms with Crippen molar-refractivity contribution in [2.24, 2.45) is 0 Å². The summed E-state index contributed by atoms with van der Waals surface area (Å²) >= 11 is 3.33. The molecule has 7 heteroatoms. The van der Waals surface area contributed by atoms with Crippen LogP contribution in [0.25, 0.3) is 0 Å². The Hall–Kier alpha value is -2.02. The molecule has 1 aliphatic rings. The highest BCUT2D eigenvalue weighted by molar-refractivity contribution is 9.10. The zero-order valence-corrected chi connectivity index (χ0v) is 12.4. The van der Waals surface area contributed by atoms with Crippen LogP contribution in [0, 0.1) is 13.8 Å². The number of ketones is 1. The number of nitrogens with zero attached hydrogens (tertiary/aromatic N) is 3. The number of hydrogen-bond donors (Lipinski definition) is 0. The van der Waals surface area contributed by atoms with Crippen molar-refractivity contribution in [2.75, 3.05) is 4.90 Å². The van der Waals surface area contributed by atoms with E-state index in [2.05, 4.69) is 26.1 Å². The lowest BCUT2D eigenvalue weighted by atomic mass is 10.1. The monoisotopic (exact) mass is 335 g/mol. The van der Waals surface area contributed by atoms with Crippen molar-refractivity contribution in [1.82, 2.24) is 10.2 Å². The van der Waals surface area contributed by atoms with Crippen molar-refractivity contribution in [2.45, 2.75) is 20.4 Å². The van der Waals surface area contributed by atoms with Gasteiger partial charge in [-0.25, -0.2) is 0 Å². The minimum Gasteiger partial charge on any atom is -0.424 e. The molecule has 0 atom stereocenters. The van der Waals surface area contributed by atoms with E-state index in [1.54, 1.807) is 13.0 Å². The molecule has 1 aliphatic heterocycles. The third kappa shape index (κ3) is 1.94. The smallest absolute Gasteiger partial charge is 0.299 e. The largest absolute Gasteiger partial charge is 0.424 e. The first-order chi connectivity index (χ1) is 9.47. The molecule has 20 heavy (non-hydrogen) atoms. The molecule has 6 nitrogen and oxygen atoms in total. The molecule has 0 unspecified atom stereocenters. The van der Waals surface area contributed by atoms with E-state index in [0.29, 0.717) is 23.0 Å². The Bertz CT molecular complexity index is 738. The van der Waals surface area contributed by atoms with Crippen LogP contribution in [-0.4, -0.2) is 21.9 Å². The molecule has 102 valence electrons. The summed E-state index contributed by atoms with van der Waals surface area (Å²) in [6, 6.07) is 3.51. The fraction of sp³-hybridized carbons (Fsp3) is 0.231. The molecule has 0 N–H and O–H groups in total. The van der Waals surface area contributed by atoms with Gasteiger partial charge in [0.2, 0.25) is 11.8 Å². The summed E-state index contributed by atoms with van der Waals surface area (Å²) in [5, 5.41) is 7.58. The zero-order chi connectivity index (χ0) is 14.4. The quantitative estimate of drug-likeness (QED) is 0.786. The highest BCUT2D eigenvalue weighted by Crippen LogP contribution is 2.35. The number of carbonyl (C=O) groups is 2. The number of benzene rings is 1. The van der Waals surface area contributed by atoms with E-state index in [4.69, 9.17) is 4.42 Å². The van der Waals surface area contributed by atoms with Crippen LogP contribution in [0.15, 0.2) is 21.0 Å². The van der Waals surface area contributed by atoms with Crippen LogP contribution >= 0.6 is 15.9 Å². The Kier molecular flexibility index (Phi) is 2.93. The normalized spacial score (nSPS) is 14.1. The van der Waals surface area contributed by atoms with Crippen LogP contribution in [0.2, 0.25) is 0 Å². The molecule has 0 saturated carbocycles. The minimum absolute atomic E-state index is 0.0981. The average molecular weight is 336 g/mol. The first-order valence-corrected chi connectivity index (χ1v) is 6.72. The van der Waals surface area contributed by atoms with Gasteiger partial charge in [-0.05, 0) is 24.6 Å². The number of fused-ring (bicyclic) bond motifs is 1. The van der Waals surface area contributed by atoms with Gasteiger partial charge in [-0.3, -0.25) is 14.5 Å². The maximum atomic E-state index is 12.1. The molecular weight excluding hydrogens is 326 g/mol. The number of hydrogen-bond acceptors (Lipinski definition) is 5. The Morgan fingerprint density at radius 2 is 2.00 bits per heavy atom. The molecule has 0 bridgehead atoms. The molecule has 3 rings (SSSR count). The average Bonchev–Trinajstić information content (AvgIpc) is 2.88. The van der Waals surface area contributed by atoms with Crippen LogP contribution < -0.4 is 4.90 Å². The maximum absolute atomic E-state index is 12.1. The van der Waals surface area contributed by atoms with Gasteiger partial charge < -0.3 is 4.42 Å². The number of rotatable bonds is 2. The molecule has 0 aliphatic carbocycles. The first-order valence-electron chi connectivity index (χ1n) is 5.92. The molecule has 2 aromatic rings. The van der Waals surface area contributed by atoms with Crippen molar-refractivity contribution in [3.05, 3.63) is 39.5 Å². The van der Waals surface area contributed by atoms with Gasteiger partial charge in [0.15, 0.2) is 0 Å². The van der Waals surface area contributed by atoms with E-state index in [-0.39, 0.29) is 6.54 Å². The van der Waals surface area contributed by atoms with Gasteiger partial charge in [0.1, 0.15) is 6.54 Å². The van der Waals surface area contributed by atoms with Crippen molar-refractivity contribution >= 4 is 33.3 Å². The number of carbonyl (C=O) groups excluding carboxylic acids is 2. The number of Topliss-reactive ketones (excluding diaryl/α,β-unsaturated/α-hetero) is 1. The third-order valence-electron chi connectivity index (χ3n) is 3.08. The van der Waals surface area contributed by atoms with E-state index < -0.39 is 11.7 Å². The molecule has 0 spiro atoms. The van der Waals surface area contributed by atoms with Gasteiger partial charge >= 0.3 is 0 Å². The van der Waals surface area contributed by atoms with Crippen LogP contribution in [0.5, 0.6) is 0 Å². The summed E-state index contributed by atoms with van der Waals surface area (Å²) in [5.74, 6) is -0.359. The summed E-state index contributed by atoms with van der Waals surface area (Å²) in [7, 11) is 0. The van der Waals surface area contributed by atoms with Crippen LogP contribution in [0.1, 0.15) is 27.7 Å². The van der Waals surface area contributed by atoms with Crippen molar-refractivity contribution in [3.63, 3.8) is 0 Å². The van der Waals surface area contributed by atoms with Crippen LogP contribution in [0.4, 0.5) is 5.69 Å². The predicted molar refractivity (Wildman–Crippen MR) is 73.4 cm³/mol. The lowest BCUT2D eigenvalue weighted by molar-refractivity contribution is -0.114. The summed E-state index contributed by atoms with van der Waals surface area (Å²) in [6.07, 6.45) is 0. The molecule has 0 saturated heterocycles. The Morgan fingerprint density at radius 3 is 2.65 bits per heavy atom. The van der Waals surface area contributed by atoms with E-state index in [9.17, 15) is 9.59 Å². The molecule has 0 radical (unpaired) electrons. The molecule has 0 fully saturated rings.